The summed E-state index contributed by atoms with van der Waals surface area (Å²) in [6, 6.07) is 3.54. The van der Waals surface area contributed by atoms with Gasteiger partial charge in [-0.2, -0.15) is 0 Å². The quantitative estimate of drug-likeness (QED) is 0.875. The first-order valence-corrected chi connectivity index (χ1v) is 6.74. The van der Waals surface area contributed by atoms with E-state index in [1.54, 1.807) is 29.2 Å². The number of carbonyl (C=O) groups is 1. The number of hydrogen-bond donors (Lipinski definition) is 1. The van der Waals surface area contributed by atoms with Crippen LogP contribution in [0.25, 0.3) is 11.3 Å². The maximum atomic E-state index is 11.3. The summed E-state index contributed by atoms with van der Waals surface area (Å²) < 4.78 is 1.69. The van der Waals surface area contributed by atoms with Crippen molar-refractivity contribution in [3.63, 3.8) is 0 Å². The molecule has 0 amide bonds. The van der Waals surface area contributed by atoms with Crippen LogP contribution in [0.4, 0.5) is 0 Å². The van der Waals surface area contributed by atoms with Crippen molar-refractivity contribution >= 4 is 5.97 Å². The van der Waals surface area contributed by atoms with Gasteiger partial charge in [-0.3, -0.25) is 4.98 Å². The van der Waals surface area contributed by atoms with Crippen LogP contribution in [0.3, 0.4) is 0 Å². The molecular weight excluding hydrogens is 256 g/mol. The average Bonchev–Trinajstić information content (AvgIpc) is 2.89. The van der Waals surface area contributed by atoms with Crippen LogP contribution in [0.15, 0.2) is 24.5 Å². The first-order valence-electron chi connectivity index (χ1n) is 6.74. The smallest absolute Gasteiger partial charge is 0.358 e. The zero-order valence-electron chi connectivity index (χ0n) is 11.7. The van der Waals surface area contributed by atoms with Crippen molar-refractivity contribution in [1.29, 1.82) is 0 Å². The van der Waals surface area contributed by atoms with E-state index < -0.39 is 5.97 Å². The van der Waals surface area contributed by atoms with E-state index in [-0.39, 0.29) is 5.69 Å². The Hall–Kier alpha value is -2.24. The van der Waals surface area contributed by atoms with E-state index in [4.69, 9.17) is 0 Å². The topological polar surface area (TPSA) is 80.9 Å². The molecular formula is C14H18N4O2. The summed E-state index contributed by atoms with van der Waals surface area (Å²) in [5, 5.41) is 17.1. The van der Waals surface area contributed by atoms with Gasteiger partial charge in [-0.05, 0) is 18.1 Å². The molecule has 0 unspecified atom stereocenters. The van der Waals surface area contributed by atoms with Gasteiger partial charge in [-0.1, -0.05) is 31.9 Å². The first kappa shape index (κ1) is 14.2. The average molecular weight is 274 g/mol. The molecule has 0 atom stereocenters. The SMILES string of the molecule is CCC(CC)Cn1nnc(C(=O)O)c1-c1ccncc1. The normalized spacial score (nSPS) is 10.9. The summed E-state index contributed by atoms with van der Waals surface area (Å²) in [5.41, 5.74) is 1.31. The fourth-order valence-electron chi connectivity index (χ4n) is 2.17. The molecule has 0 saturated carbocycles. The highest BCUT2D eigenvalue weighted by molar-refractivity contribution is 5.92. The van der Waals surface area contributed by atoms with Crippen LogP contribution >= 0.6 is 0 Å². The van der Waals surface area contributed by atoms with Crippen LogP contribution < -0.4 is 0 Å². The Labute approximate surface area is 117 Å². The first-order chi connectivity index (χ1) is 9.67. The van der Waals surface area contributed by atoms with Crippen LogP contribution in [0.1, 0.15) is 37.2 Å². The molecule has 0 saturated heterocycles. The Morgan fingerprint density at radius 3 is 2.50 bits per heavy atom. The standard InChI is InChI=1S/C14H18N4O2/c1-3-10(4-2)9-18-13(11-5-7-15-8-6-11)12(14(19)20)16-17-18/h5-8,10H,3-4,9H2,1-2H3,(H,19,20). The predicted octanol–water partition coefficient (Wildman–Crippen LogP) is 2.47. The molecule has 2 heterocycles. The van der Waals surface area contributed by atoms with Gasteiger partial charge in [0.15, 0.2) is 5.69 Å². The van der Waals surface area contributed by atoms with Gasteiger partial charge in [-0.25, -0.2) is 9.48 Å². The summed E-state index contributed by atoms with van der Waals surface area (Å²) in [4.78, 5) is 15.3. The van der Waals surface area contributed by atoms with Gasteiger partial charge in [0, 0.05) is 24.5 Å². The molecule has 0 aromatic carbocycles. The lowest BCUT2D eigenvalue weighted by atomic mass is 10.0. The molecule has 0 fully saturated rings. The third kappa shape index (κ3) is 2.84. The van der Waals surface area contributed by atoms with Gasteiger partial charge in [-0.15, -0.1) is 5.10 Å². The number of pyridine rings is 1. The molecule has 2 aromatic heterocycles. The number of aromatic carboxylic acids is 1. The number of carboxylic acid groups (broad SMARTS) is 1. The van der Waals surface area contributed by atoms with Crippen molar-refractivity contribution in [1.82, 2.24) is 20.0 Å². The van der Waals surface area contributed by atoms with E-state index in [0.717, 1.165) is 18.4 Å². The van der Waals surface area contributed by atoms with Gasteiger partial charge in [0.2, 0.25) is 0 Å². The molecule has 6 nitrogen and oxygen atoms in total. The third-order valence-electron chi connectivity index (χ3n) is 3.48. The van der Waals surface area contributed by atoms with E-state index in [1.807, 2.05) is 0 Å². The van der Waals surface area contributed by atoms with E-state index in [1.165, 1.54) is 0 Å². The van der Waals surface area contributed by atoms with Gasteiger partial charge >= 0.3 is 5.97 Å². The fraction of sp³-hybridized carbons (Fsp3) is 0.429. The summed E-state index contributed by atoms with van der Waals surface area (Å²) in [6.45, 7) is 4.91. The maximum absolute atomic E-state index is 11.3. The molecule has 0 radical (unpaired) electrons. The molecule has 1 N–H and O–H groups in total. The van der Waals surface area contributed by atoms with Crippen molar-refractivity contribution in [2.45, 2.75) is 33.2 Å². The molecule has 6 heteroatoms. The molecule has 20 heavy (non-hydrogen) atoms. The lowest BCUT2D eigenvalue weighted by Gasteiger charge is -2.14. The second-order valence-corrected chi connectivity index (χ2v) is 4.69. The van der Waals surface area contributed by atoms with E-state index in [2.05, 4.69) is 29.1 Å². The predicted molar refractivity (Wildman–Crippen MR) is 74.3 cm³/mol. The van der Waals surface area contributed by atoms with Crippen LogP contribution in [-0.4, -0.2) is 31.1 Å². The summed E-state index contributed by atoms with van der Waals surface area (Å²) in [6.07, 6.45) is 5.31. The van der Waals surface area contributed by atoms with Gasteiger partial charge in [0.25, 0.3) is 0 Å². The second kappa shape index (κ2) is 6.27. The van der Waals surface area contributed by atoms with Gasteiger partial charge in [0.05, 0.1) is 0 Å². The van der Waals surface area contributed by atoms with Crippen LogP contribution in [0.5, 0.6) is 0 Å². The minimum absolute atomic E-state index is 0.0119. The summed E-state index contributed by atoms with van der Waals surface area (Å²) in [7, 11) is 0. The number of carboxylic acids is 1. The third-order valence-corrected chi connectivity index (χ3v) is 3.48. The van der Waals surface area contributed by atoms with Crippen LogP contribution in [0.2, 0.25) is 0 Å². The number of rotatable bonds is 6. The summed E-state index contributed by atoms with van der Waals surface area (Å²) in [5.74, 6) is -0.605. The molecule has 0 bridgehead atoms. The molecule has 0 aliphatic rings. The Bertz CT molecular complexity index is 576. The number of aromatic nitrogens is 4. The highest BCUT2D eigenvalue weighted by atomic mass is 16.4. The van der Waals surface area contributed by atoms with Crippen molar-refractivity contribution in [3.05, 3.63) is 30.2 Å². The van der Waals surface area contributed by atoms with E-state index in [0.29, 0.717) is 18.2 Å². The number of nitrogens with zero attached hydrogens (tertiary/aromatic N) is 4. The van der Waals surface area contributed by atoms with Crippen molar-refractivity contribution in [2.24, 2.45) is 5.92 Å². The van der Waals surface area contributed by atoms with Crippen LogP contribution in [0, 0.1) is 5.92 Å². The highest BCUT2D eigenvalue weighted by Crippen LogP contribution is 2.23. The lowest BCUT2D eigenvalue weighted by Crippen LogP contribution is -2.12. The van der Waals surface area contributed by atoms with Gasteiger partial charge in [0.1, 0.15) is 5.69 Å². The Morgan fingerprint density at radius 1 is 1.30 bits per heavy atom. The minimum Gasteiger partial charge on any atom is -0.476 e. The van der Waals surface area contributed by atoms with Crippen LogP contribution in [-0.2, 0) is 6.54 Å². The molecule has 0 aliphatic heterocycles. The minimum atomic E-state index is -1.06. The Morgan fingerprint density at radius 2 is 1.95 bits per heavy atom. The molecule has 0 spiro atoms. The molecule has 2 aromatic rings. The fourth-order valence-corrected chi connectivity index (χ4v) is 2.17. The lowest BCUT2D eigenvalue weighted by molar-refractivity contribution is 0.0691. The van der Waals surface area contributed by atoms with E-state index >= 15 is 0 Å². The van der Waals surface area contributed by atoms with Gasteiger partial charge < -0.3 is 5.11 Å². The number of hydrogen-bond acceptors (Lipinski definition) is 4. The molecule has 106 valence electrons. The maximum Gasteiger partial charge on any atom is 0.358 e. The Balaban J connectivity index is 2.46. The van der Waals surface area contributed by atoms with Crippen molar-refractivity contribution < 1.29 is 9.90 Å². The zero-order valence-corrected chi connectivity index (χ0v) is 11.7. The van der Waals surface area contributed by atoms with Crippen molar-refractivity contribution in [2.75, 3.05) is 0 Å². The highest BCUT2D eigenvalue weighted by Gasteiger charge is 2.21. The van der Waals surface area contributed by atoms with E-state index in [9.17, 15) is 9.90 Å². The molecule has 2 rings (SSSR count). The second-order valence-electron chi connectivity index (χ2n) is 4.69. The Kier molecular flexibility index (Phi) is 4.45. The summed E-state index contributed by atoms with van der Waals surface area (Å²) >= 11 is 0. The van der Waals surface area contributed by atoms with Crippen molar-refractivity contribution in [3.8, 4) is 11.3 Å². The zero-order chi connectivity index (χ0) is 14.5. The monoisotopic (exact) mass is 274 g/mol. The molecule has 0 aliphatic carbocycles. The largest absolute Gasteiger partial charge is 0.476 e.